The summed E-state index contributed by atoms with van der Waals surface area (Å²) in [5.41, 5.74) is 2.86. The number of hydrogen-bond donors (Lipinski definition) is 0. The lowest BCUT2D eigenvalue weighted by molar-refractivity contribution is 0.594. The molecule has 0 amide bonds. The van der Waals surface area contributed by atoms with Crippen molar-refractivity contribution >= 4 is 26.5 Å². The van der Waals surface area contributed by atoms with Gasteiger partial charge in [0.1, 0.15) is 0 Å². The second kappa shape index (κ2) is 4.94. The molecule has 0 radical (unpaired) electrons. The van der Waals surface area contributed by atoms with E-state index in [9.17, 15) is 8.42 Å². The number of aryl methyl sites for hydroxylation is 3. The van der Waals surface area contributed by atoms with Crippen LogP contribution in [0.5, 0.6) is 0 Å². The summed E-state index contributed by atoms with van der Waals surface area (Å²) >= 11 is 1.32. The quantitative estimate of drug-likeness (QED) is 0.875. The van der Waals surface area contributed by atoms with Gasteiger partial charge in [0.05, 0.1) is 10.6 Å². The molecule has 1 aromatic carbocycles. The van der Waals surface area contributed by atoms with Gasteiger partial charge in [-0.2, -0.15) is 0 Å². The van der Waals surface area contributed by atoms with E-state index in [-0.39, 0.29) is 0 Å². The summed E-state index contributed by atoms with van der Waals surface area (Å²) in [7, 11) is -2.01. The first-order chi connectivity index (χ1) is 8.82. The number of sulfonamides is 1. The summed E-state index contributed by atoms with van der Waals surface area (Å²) < 4.78 is 26.2. The maximum atomic E-state index is 12.5. The lowest BCUT2D eigenvalue weighted by Gasteiger charge is -2.17. The summed E-state index contributed by atoms with van der Waals surface area (Å²) in [4.78, 5) is 4.50. The minimum Gasteiger partial charge on any atom is -0.244 e. The van der Waals surface area contributed by atoms with Crippen LogP contribution >= 0.6 is 11.3 Å². The molecule has 19 heavy (non-hydrogen) atoms. The third kappa shape index (κ3) is 2.64. The lowest BCUT2D eigenvalue weighted by atomic mass is 10.1. The van der Waals surface area contributed by atoms with Crippen molar-refractivity contribution in [3.05, 3.63) is 40.4 Å². The smallest absolute Gasteiger partial charge is 0.244 e. The van der Waals surface area contributed by atoms with Gasteiger partial charge >= 0.3 is 0 Å². The van der Waals surface area contributed by atoms with Gasteiger partial charge in [-0.05, 0) is 44.0 Å². The molecule has 0 atom stereocenters. The Morgan fingerprint density at radius 3 is 2.37 bits per heavy atom. The van der Waals surface area contributed by atoms with Crippen molar-refractivity contribution in [1.29, 1.82) is 0 Å². The van der Waals surface area contributed by atoms with Crippen molar-refractivity contribution < 1.29 is 8.42 Å². The van der Waals surface area contributed by atoms with Crippen LogP contribution in [-0.4, -0.2) is 20.4 Å². The Morgan fingerprint density at radius 2 is 1.84 bits per heavy atom. The highest BCUT2D eigenvalue weighted by molar-refractivity contribution is 7.93. The average molecular weight is 296 g/mol. The van der Waals surface area contributed by atoms with Crippen LogP contribution in [0.2, 0.25) is 0 Å². The molecule has 1 heterocycles. The number of nitrogens with zero attached hydrogens (tertiary/aromatic N) is 2. The van der Waals surface area contributed by atoms with Gasteiger partial charge in [-0.25, -0.2) is 17.7 Å². The highest BCUT2D eigenvalue weighted by Gasteiger charge is 2.23. The second-order valence-corrected chi connectivity index (χ2v) is 7.30. The van der Waals surface area contributed by atoms with E-state index < -0.39 is 10.0 Å². The van der Waals surface area contributed by atoms with Crippen LogP contribution in [0.25, 0.3) is 0 Å². The molecule has 4 nitrogen and oxygen atoms in total. The maximum Gasteiger partial charge on any atom is 0.265 e. The average Bonchev–Trinajstić information content (AvgIpc) is 2.78. The van der Waals surface area contributed by atoms with Crippen LogP contribution in [0.15, 0.2) is 28.5 Å². The molecule has 102 valence electrons. The van der Waals surface area contributed by atoms with Gasteiger partial charge in [-0.1, -0.05) is 6.07 Å². The van der Waals surface area contributed by atoms with Gasteiger partial charge in [0.2, 0.25) is 0 Å². The van der Waals surface area contributed by atoms with Gasteiger partial charge in [0, 0.05) is 12.4 Å². The Kier molecular flexibility index (Phi) is 3.64. The summed E-state index contributed by atoms with van der Waals surface area (Å²) in [6, 6.07) is 5.15. The summed E-state index contributed by atoms with van der Waals surface area (Å²) in [6.07, 6.45) is 0. The van der Waals surface area contributed by atoms with Crippen LogP contribution < -0.4 is 4.31 Å². The molecular weight excluding hydrogens is 280 g/mol. The third-order valence-electron chi connectivity index (χ3n) is 3.01. The van der Waals surface area contributed by atoms with E-state index in [0.29, 0.717) is 10.0 Å². The molecule has 0 unspecified atom stereocenters. The Morgan fingerprint density at radius 1 is 1.16 bits per heavy atom. The van der Waals surface area contributed by atoms with E-state index in [2.05, 4.69) is 4.98 Å². The molecule has 2 aromatic rings. The van der Waals surface area contributed by atoms with E-state index >= 15 is 0 Å². The standard InChI is InChI=1S/C13H16N2O2S2/c1-9-5-6-12(7-10(9)2)19(16,17)15(4)13-14-11(3)8-18-13/h5-8H,1-4H3. The molecule has 0 fully saturated rings. The molecule has 0 bridgehead atoms. The first-order valence-electron chi connectivity index (χ1n) is 5.80. The van der Waals surface area contributed by atoms with Crippen molar-refractivity contribution in [1.82, 2.24) is 4.98 Å². The zero-order valence-corrected chi connectivity index (χ0v) is 13.0. The molecular formula is C13H16N2O2S2. The zero-order valence-electron chi connectivity index (χ0n) is 11.3. The van der Waals surface area contributed by atoms with Gasteiger partial charge in [0.15, 0.2) is 5.13 Å². The first-order valence-corrected chi connectivity index (χ1v) is 8.12. The molecule has 0 aliphatic heterocycles. The predicted octanol–water partition coefficient (Wildman–Crippen LogP) is 2.89. The number of rotatable bonds is 3. The van der Waals surface area contributed by atoms with E-state index in [1.165, 1.54) is 22.7 Å². The van der Waals surface area contributed by atoms with E-state index in [0.717, 1.165) is 16.8 Å². The molecule has 0 saturated carbocycles. The second-order valence-electron chi connectivity index (χ2n) is 4.49. The highest BCUT2D eigenvalue weighted by Crippen LogP contribution is 2.26. The molecule has 6 heteroatoms. The number of aromatic nitrogens is 1. The van der Waals surface area contributed by atoms with E-state index in [1.54, 1.807) is 12.1 Å². The van der Waals surface area contributed by atoms with Gasteiger partial charge in [-0.15, -0.1) is 11.3 Å². The predicted molar refractivity (Wildman–Crippen MR) is 78.4 cm³/mol. The largest absolute Gasteiger partial charge is 0.265 e. The Hall–Kier alpha value is -1.40. The summed E-state index contributed by atoms with van der Waals surface area (Å²) in [5, 5.41) is 2.32. The van der Waals surface area contributed by atoms with Crippen molar-refractivity contribution in [2.75, 3.05) is 11.4 Å². The lowest BCUT2D eigenvalue weighted by Crippen LogP contribution is -2.26. The third-order valence-corrected chi connectivity index (χ3v) is 5.91. The van der Waals surface area contributed by atoms with E-state index in [1.807, 2.05) is 32.2 Å². The fourth-order valence-corrected chi connectivity index (χ4v) is 3.85. The molecule has 0 aliphatic carbocycles. The molecule has 0 spiro atoms. The topological polar surface area (TPSA) is 50.3 Å². The van der Waals surface area contributed by atoms with Gasteiger partial charge in [-0.3, -0.25) is 0 Å². The van der Waals surface area contributed by atoms with Crippen molar-refractivity contribution in [3.63, 3.8) is 0 Å². The highest BCUT2D eigenvalue weighted by atomic mass is 32.2. The monoisotopic (exact) mass is 296 g/mol. The molecule has 0 N–H and O–H groups in total. The van der Waals surface area contributed by atoms with Crippen molar-refractivity contribution in [2.45, 2.75) is 25.7 Å². The minimum absolute atomic E-state index is 0.297. The van der Waals surface area contributed by atoms with E-state index in [4.69, 9.17) is 0 Å². The fraction of sp³-hybridized carbons (Fsp3) is 0.308. The molecule has 0 saturated heterocycles. The zero-order chi connectivity index (χ0) is 14.2. The summed E-state index contributed by atoms with van der Waals surface area (Å²) in [6.45, 7) is 5.71. The minimum atomic E-state index is -3.54. The Bertz CT molecular complexity index is 705. The van der Waals surface area contributed by atoms with Crippen molar-refractivity contribution in [2.24, 2.45) is 0 Å². The van der Waals surface area contributed by atoms with Crippen LogP contribution in [0, 0.1) is 20.8 Å². The van der Waals surface area contributed by atoms with Crippen LogP contribution in [0.1, 0.15) is 16.8 Å². The van der Waals surface area contributed by atoms with Crippen molar-refractivity contribution in [3.8, 4) is 0 Å². The Balaban J connectivity index is 2.44. The number of hydrogen-bond acceptors (Lipinski definition) is 4. The number of thiazole rings is 1. The number of benzene rings is 1. The fourth-order valence-electron chi connectivity index (χ4n) is 1.62. The molecule has 0 aliphatic rings. The normalized spacial score (nSPS) is 11.6. The molecule has 2 rings (SSSR count). The van der Waals surface area contributed by atoms with Crippen LogP contribution in [0.3, 0.4) is 0 Å². The number of anilines is 1. The van der Waals surface area contributed by atoms with Gasteiger partial charge in [0.25, 0.3) is 10.0 Å². The molecule has 1 aromatic heterocycles. The summed E-state index contributed by atoms with van der Waals surface area (Å²) in [5.74, 6) is 0. The maximum absolute atomic E-state index is 12.5. The van der Waals surface area contributed by atoms with Gasteiger partial charge < -0.3 is 0 Å². The Labute approximate surface area is 117 Å². The SMILES string of the molecule is Cc1csc(N(C)S(=O)(=O)c2ccc(C)c(C)c2)n1. The first kappa shape index (κ1) is 14.0. The van der Waals surface area contributed by atoms with Crippen LogP contribution in [-0.2, 0) is 10.0 Å². The van der Waals surface area contributed by atoms with Crippen LogP contribution in [0.4, 0.5) is 5.13 Å².